The number of amides is 1. The van der Waals surface area contributed by atoms with Crippen molar-refractivity contribution in [3.05, 3.63) is 0 Å². The standard InChI is InChI=1S/C15H28N2O2/c1-12-5-4-6-13(2)17(12)15(18)11-16-9-7-14(19-3)8-10-16/h12-14H,4-11H2,1-3H3/t12-,13-/m0/s1. The van der Waals surface area contributed by atoms with Crippen molar-refractivity contribution in [2.75, 3.05) is 26.7 Å². The molecule has 0 N–H and O–H groups in total. The van der Waals surface area contributed by atoms with Gasteiger partial charge in [-0.15, -0.1) is 0 Å². The van der Waals surface area contributed by atoms with Crippen LogP contribution >= 0.6 is 0 Å². The maximum absolute atomic E-state index is 12.5. The van der Waals surface area contributed by atoms with Crippen molar-refractivity contribution in [3.63, 3.8) is 0 Å². The van der Waals surface area contributed by atoms with Crippen LogP contribution in [0.25, 0.3) is 0 Å². The Morgan fingerprint density at radius 3 is 2.21 bits per heavy atom. The predicted octanol–water partition coefficient (Wildman–Crippen LogP) is 1.89. The largest absolute Gasteiger partial charge is 0.381 e. The SMILES string of the molecule is COC1CCN(CC(=O)N2[C@@H](C)CCC[C@@H]2C)CC1. The lowest BCUT2D eigenvalue weighted by Crippen LogP contribution is -2.52. The number of carbonyl (C=O) groups excluding carboxylic acids is 1. The van der Waals surface area contributed by atoms with Gasteiger partial charge in [-0.2, -0.15) is 0 Å². The number of carbonyl (C=O) groups is 1. The van der Waals surface area contributed by atoms with E-state index >= 15 is 0 Å². The molecule has 2 aliphatic heterocycles. The van der Waals surface area contributed by atoms with E-state index in [-0.39, 0.29) is 0 Å². The molecule has 0 spiro atoms. The minimum absolute atomic E-state index is 0.315. The Kier molecular flexibility index (Phi) is 5.22. The highest BCUT2D eigenvalue weighted by molar-refractivity contribution is 5.79. The lowest BCUT2D eigenvalue weighted by molar-refractivity contribution is -0.139. The molecule has 0 radical (unpaired) electrons. The smallest absolute Gasteiger partial charge is 0.237 e. The summed E-state index contributed by atoms with van der Waals surface area (Å²) in [5.74, 6) is 0.315. The summed E-state index contributed by atoms with van der Waals surface area (Å²) in [4.78, 5) is 16.9. The quantitative estimate of drug-likeness (QED) is 0.783. The van der Waals surface area contributed by atoms with Crippen molar-refractivity contribution in [1.29, 1.82) is 0 Å². The van der Waals surface area contributed by atoms with E-state index in [1.807, 2.05) is 0 Å². The molecule has 0 aromatic carbocycles. The van der Waals surface area contributed by atoms with E-state index in [9.17, 15) is 4.79 Å². The van der Waals surface area contributed by atoms with Crippen LogP contribution < -0.4 is 0 Å². The Bertz CT molecular complexity index is 291. The molecule has 19 heavy (non-hydrogen) atoms. The van der Waals surface area contributed by atoms with Gasteiger partial charge >= 0.3 is 0 Å². The number of hydrogen-bond donors (Lipinski definition) is 0. The van der Waals surface area contributed by atoms with E-state index in [0.29, 0.717) is 30.6 Å². The van der Waals surface area contributed by atoms with E-state index in [2.05, 4.69) is 23.6 Å². The number of piperidine rings is 2. The van der Waals surface area contributed by atoms with Gasteiger partial charge in [0.05, 0.1) is 12.6 Å². The molecule has 2 rings (SSSR count). The number of methoxy groups -OCH3 is 1. The van der Waals surface area contributed by atoms with Crippen LogP contribution in [-0.4, -0.2) is 60.6 Å². The third-order valence-electron chi connectivity index (χ3n) is 4.71. The van der Waals surface area contributed by atoms with Crippen molar-refractivity contribution >= 4 is 5.91 Å². The summed E-state index contributed by atoms with van der Waals surface area (Å²) in [5.41, 5.74) is 0. The van der Waals surface area contributed by atoms with Crippen molar-refractivity contribution in [3.8, 4) is 0 Å². The van der Waals surface area contributed by atoms with Crippen molar-refractivity contribution in [1.82, 2.24) is 9.80 Å². The summed E-state index contributed by atoms with van der Waals surface area (Å²) < 4.78 is 5.37. The topological polar surface area (TPSA) is 32.8 Å². The molecule has 2 atom stereocenters. The zero-order valence-electron chi connectivity index (χ0n) is 12.6. The van der Waals surface area contributed by atoms with Gasteiger partial charge in [0.2, 0.25) is 5.91 Å². The molecular formula is C15H28N2O2. The molecule has 0 aromatic rings. The van der Waals surface area contributed by atoms with Crippen LogP contribution in [0, 0.1) is 0 Å². The molecule has 1 amide bonds. The second-order valence-electron chi connectivity index (χ2n) is 6.14. The van der Waals surface area contributed by atoms with Gasteiger partial charge in [-0.05, 0) is 46.0 Å². The fraction of sp³-hybridized carbons (Fsp3) is 0.933. The highest BCUT2D eigenvalue weighted by atomic mass is 16.5. The molecule has 0 aromatic heterocycles. The molecule has 0 aliphatic carbocycles. The second-order valence-corrected chi connectivity index (χ2v) is 6.14. The molecule has 0 unspecified atom stereocenters. The lowest BCUT2D eigenvalue weighted by Gasteiger charge is -2.41. The molecule has 2 heterocycles. The van der Waals surface area contributed by atoms with Crippen molar-refractivity contribution < 1.29 is 9.53 Å². The number of likely N-dealkylation sites (tertiary alicyclic amines) is 2. The highest BCUT2D eigenvalue weighted by Crippen LogP contribution is 2.23. The van der Waals surface area contributed by atoms with E-state index in [0.717, 1.165) is 38.8 Å². The predicted molar refractivity (Wildman–Crippen MR) is 76.1 cm³/mol. The van der Waals surface area contributed by atoms with Crippen molar-refractivity contribution in [2.24, 2.45) is 0 Å². The zero-order valence-corrected chi connectivity index (χ0v) is 12.6. The van der Waals surface area contributed by atoms with E-state index in [1.165, 1.54) is 6.42 Å². The van der Waals surface area contributed by atoms with Crippen LogP contribution in [0.3, 0.4) is 0 Å². The maximum atomic E-state index is 12.5. The summed E-state index contributed by atoms with van der Waals surface area (Å²) >= 11 is 0. The van der Waals surface area contributed by atoms with Gasteiger partial charge in [0, 0.05) is 32.3 Å². The van der Waals surface area contributed by atoms with Gasteiger partial charge in [0.1, 0.15) is 0 Å². The Hall–Kier alpha value is -0.610. The summed E-state index contributed by atoms with van der Waals surface area (Å²) in [5, 5.41) is 0. The molecule has 0 saturated carbocycles. The first-order valence-corrected chi connectivity index (χ1v) is 7.68. The zero-order chi connectivity index (χ0) is 13.8. The van der Waals surface area contributed by atoms with Crippen LogP contribution in [0.2, 0.25) is 0 Å². The average Bonchev–Trinajstić information content (AvgIpc) is 2.39. The normalized spacial score (nSPS) is 30.6. The van der Waals surface area contributed by atoms with Crippen LogP contribution in [0.5, 0.6) is 0 Å². The summed E-state index contributed by atoms with van der Waals surface area (Å²) in [6, 6.07) is 0.820. The van der Waals surface area contributed by atoms with E-state index < -0.39 is 0 Å². The fourth-order valence-corrected chi connectivity index (χ4v) is 3.49. The average molecular weight is 268 g/mol. The Morgan fingerprint density at radius 1 is 1.11 bits per heavy atom. The van der Waals surface area contributed by atoms with E-state index in [1.54, 1.807) is 7.11 Å². The van der Waals surface area contributed by atoms with Gasteiger partial charge in [0.15, 0.2) is 0 Å². The molecule has 2 saturated heterocycles. The molecule has 4 heteroatoms. The Balaban J connectivity index is 1.83. The number of ether oxygens (including phenoxy) is 1. The van der Waals surface area contributed by atoms with Crippen LogP contribution in [0.4, 0.5) is 0 Å². The van der Waals surface area contributed by atoms with Gasteiger partial charge in [-0.3, -0.25) is 9.69 Å². The van der Waals surface area contributed by atoms with Crippen LogP contribution in [-0.2, 0) is 9.53 Å². The fourth-order valence-electron chi connectivity index (χ4n) is 3.49. The van der Waals surface area contributed by atoms with Crippen LogP contribution in [0.15, 0.2) is 0 Å². The van der Waals surface area contributed by atoms with E-state index in [4.69, 9.17) is 4.74 Å². The third-order valence-corrected chi connectivity index (χ3v) is 4.71. The van der Waals surface area contributed by atoms with Gasteiger partial charge in [0.25, 0.3) is 0 Å². The Morgan fingerprint density at radius 2 is 1.68 bits per heavy atom. The maximum Gasteiger partial charge on any atom is 0.237 e. The molecule has 2 fully saturated rings. The second kappa shape index (κ2) is 6.71. The monoisotopic (exact) mass is 268 g/mol. The minimum Gasteiger partial charge on any atom is -0.381 e. The minimum atomic E-state index is 0.315. The number of hydrogen-bond acceptors (Lipinski definition) is 3. The molecule has 2 aliphatic rings. The van der Waals surface area contributed by atoms with Gasteiger partial charge < -0.3 is 9.64 Å². The first kappa shape index (κ1) is 14.8. The first-order chi connectivity index (χ1) is 9.11. The lowest BCUT2D eigenvalue weighted by atomic mass is 9.97. The van der Waals surface area contributed by atoms with Gasteiger partial charge in [-0.1, -0.05) is 0 Å². The third kappa shape index (κ3) is 3.69. The molecule has 0 bridgehead atoms. The van der Waals surface area contributed by atoms with Crippen molar-refractivity contribution in [2.45, 2.75) is 64.1 Å². The molecule has 110 valence electrons. The first-order valence-electron chi connectivity index (χ1n) is 7.68. The van der Waals surface area contributed by atoms with Crippen LogP contribution in [0.1, 0.15) is 46.0 Å². The summed E-state index contributed by atoms with van der Waals surface area (Å²) in [6.45, 7) is 6.93. The van der Waals surface area contributed by atoms with Gasteiger partial charge in [-0.25, -0.2) is 0 Å². The number of rotatable bonds is 3. The number of nitrogens with zero attached hydrogens (tertiary/aromatic N) is 2. The summed E-state index contributed by atoms with van der Waals surface area (Å²) in [7, 11) is 1.78. The molecule has 4 nitrogen and oxygen atoms in total. The highest BCUT2D eigenvalue weighted by Gasteiger charge is 2.30. The summed E-state index contributed by atoms with van der Waals surface area (Å²) in [6.07, 6.45) is 6.05. The molecular weight excluding hydrogens is 240 g/mol. The Labute approximate surface area is 117 Å².